The SMILES string of the molecule is CCCc1nnc(NC(=O)c2ccc3c(c2)C(=O)N(C)C3=O)s1. The van der Waals surface area contributed by atoms with Crippen molar-refractivity contribution in [3.8, 4) is 0 Å². The third kappa shape index (κ3) is 2.72. The van der Waals surface area contributed by atoms with Crippen LogP contribution in [0.25, 0.3) is 0 Å². The fraction of sp³-hybridized carbons (Fsp3) is 0.267. The molecule has 1 aliphatic heterocycles. The van der Waals surface area contributed by atoms with Crippen LogP contribution in [-0.2, 0) is 6.42 Å². The number of fused-ring (bicyclic) bond motifs is 1. The predicted octanol–water partition coefficient (Wildman–Crippen LogP) is 1.97. The molecule has 0 unspecified atom stereocenters. The number of aromatic nitrogens is 2. The third-order valence-corrected chi connectivity index (χ3v) is 4.40. The summed E-state index contributed by atoms with van der Waals surface area (Å²) in [5.41, 5.74) is 0.858. The van der Waals surface area contributed by atoms with Gasteiger partial charge in [0.25, 0.3) is 17.7 Å². The number of carbonyl (C=O) groups excluding carboxylic acids is 3. The number of rotatable bonds is 4. The van der Waals surface area contributed by atoms with Crippen LogP contribution < -0.4 is 5.32 Å². The van der Waals surface area contributed by atoms with Gasteiger partial charge in [0.15, 0.2) is 0 Å². The molecular formula is C15H14N4O3S. The maximum absolute atomic E-state index is 12.3. The molecule has 8 heteroatoms. The Hall–Kier alpha value is -2.61. The summed E-state index contributed by atoms with van der Waals surface area (Å²) in [4.78, 5) is 37.1. The van der Waals surface area contributed by atoms with E-state index in [1.54, 1.807) is 0 Å². The van der Waals surface area contributed by atoms with E-state index in [0.29, 0.717) is 16.3 Å². The summed E-state index contributed by atoms with van der Waals surface area (Å²) in [5.74, 6) is -1.15. The van der Waals surface area contributed by atoms with Gasteiger partial charge in [-0.1, -0.05) is 18.3 Å². The number of anilines is 1. The van der Waals surface area contributed by atoms with Crippen LogP contribution in [-0.4, -0.2) is 39.9 Å². The smallest absolute Gasteiger partial charge is 0.261 e. The Labute approximate surface area is 136 Å². The van der Waals surface area contributed by atoms with Crippen LogP contribution in [0.2, 0.25) is 0 Å². The Bertz CT molecular complexity index is 815. The normalized spacial score (nSPS) is 13.4. The maximum Gasteiger partial charge on any atom is 0.261 e. The van der Waals surface area contributed by atoms with E-state index in [-0.39, 0.29) is 17.4 Å². The first-order valence-corrected chi connectivity index (χ1v) is 7.93. The molecule has 118 valence electrons. The highest BCUT2D eigenvalue weighted by molar-refractivity contribution is 7.15. The molecule has 0 saturated heterocycles. The molecule has 1 N–H and O–H groups in total. The highest BCUT2D eigenvalue weighted by atomic mass is 32.1. The van der Waals surface area contributed by atoms with E-state index >= 15 is 0 Å². The van der Waals surface area contributed by atoms with Crippen LogP contribution >= 0.6 is 11.3 Å². The summed E-state index contributed by atoms with van der Waals surface area (Å²) in [6.07, 6.45) is 1.77. The largest absolute Gasteiger partial charge is 0.296 e. The Kier molecular flexibility index (Phi) is 3.91. The zero-order valence-corrected chi connectivity index (χ0v) is 13.4. The second-order valence-corrected chi connectivity index (χ2v) is 6.20. The molecule has 3 amide bonds. The second-order valence-electron chi connectivity index (χ2n) is 5.13. The summed E-state index contributed by atoms with van der Waals surface area (Å²) in [6, 6.07) is 4.45. The van der Waals surface area contributed by atoms with Crippen LogP contribution in [0.3, 0.4) is 0 Å². The molecule has 23 heavy (non-hydrogen) atoms. The monoisotopic (exact) mass is 330 g/mol. The van der Waals surface area contributed by atoms with E-state index < -0.39 is 5.91 Å². The minimum absolute atomic E-state index is 0.245. The summed E-state index contributed by atoms with van der Waals surface area (Å²) >= 11 is 1.32. The molecule has 3 rings (SSSR count). The Balaban J connectivity index is 1.81. The van der Waals surface area contributed by atoms with Gasteiger partial charge in [0.2, 0.25) is 5.13 Å². The molecule has 0 aliphatic carbocycles. The van der Waals surface area contributed by atoms with E-state index in [2.05, 4.69) is 15.5 Å². The van der Waals surface area contributed by atoms with Crippen LogP contribution in [0, 0.1) is 0 Å². The molecule has 0 bridgehead atoms. The van der Waals surface area contributed by atoms with Crippen LogP contribution in [0.5, 0.6) is 0 Å². The molecule has 1 aromatic carbocycles. The minimum Gasteiger partial charge on any atom is -0.296 e. The first-order chi connectivity index (χ1) is 11.0. The summed E-state index contributed by atoms with van der Waals surface area (Å²) in [7, 11) is 1.42. The maximum atomic E-state index is 12.3. The van der Waals surface area contributed by atoms with E-state index in [4.69, 9.17) is 0 Å². The molecule has 0 spiro atoms. The topological polar surface area (TPSA) is 92.3 Å². The zero-order valence-electron chi connectivity index (χ0n) is 12.6. The zero-order chi connectivity index (χ0) is 16.6. The van der Waals surface area contributed by atoms with Crippen molar-refractivity contribution in [2.75, 3.05) is 12.4 Å². The van der Waals surface area contributed by atoms with Crippen LogP contribution in [0.1, 0.15) is 49.4 Å². The van der Waals surface area contributed by atoms with Crippen molar-refractivity contribution >= 4 is 34.2 Å². The molecule has 0 atom stereocenters. The number of nitrogens with one attached hydrogen (secondary N) is 1. The molecule has 1 aromatic heterocycles. The molecule has 0 fully saturated rings. The number of imide groups is 1. The first-order valence-electron chi connectivity index (χ1n) is 7.11. The molecule has 2 heterocycles. The minimum atomic E-state index is -0.402. The van der Waals surface area contributed by atoms with Gasteiger partial charge in [0.1, 0.15) is 5.01 Å². The fourth-order valence-corrected chi connectivity index (χ4v) is 3.13. The molecule has 1 aliphatic rings. The first kappa shape index (κ1) is 15.3. The third-order valence-electron chi connectivity index (χ3n) is 3.50. The number of nitrogens with zero attached hydrogens (tertiary/aromatic N) is 3. The van der Waals surface area contributed by atoms with Gasteiger partial charge < -0.3 is 0 Å². The van der Waals surface area contributed by atoms with Gasteiger partial charge in [-0.3, -0.25) is 24.6 Å². The number of amides is 3. The van der Waals surface area contributed by atoms with Crippen molar-refractivity contribution in [2.24, 2.45) is 0 Å². The van der Waals surface area contributed by atoms with Gasteiger partial charge in [-0.05, 0) is 24.6 Å². The highest BCUT2D eigenvalue weighted by Crippen LogP contribution is 2.23. The lowest BCUT2D eigenvalue weighted by atomic mass is 10.1. The average molecular weight is 330 g/mol. The Morgan fingerprint density at radius 3 is 2.70 bits per heavy atom. The van der Waals surface area contributed by atoms with E-state index in [1.165, 1.54) is 36.6 Å². The van der Waals surface area contributed by atoms with Crippen molar-refractivity contribution < 1.29 is 14.4 Å². The molecular weight excluding hydrogens is 316 g/mol. The summed E-state index contributed by atoms with van der Waals surface area (Å²) in [6.45, 7) is 2.04. The number of carbonyl (C=O) groups is 3. The van der Waals surface area contributed by atoms with E-state index in [9.17, 15) is 14.4 Å². The number of aryl methyl sites for hydroxylation is 1. The van der Waals surface area contributed by atoms with Crippen molar-refractivity contribution in [2.45, 2.75) is 19.8 Å². The van der Waals surface area contributed by atoms with Gasteiger partial charge >= 0.3 is 0 Å². The number of hydrogen-bond acceptors (Lipinski definition) is 6. The average Bonchev–Trinajstić information content (AvgIpc) is 3.07. The number of hydrogen-bond donors (Lipinski definition) is 1. The van der Waals surface area contributed by atoms with E-state index in [1.807, 2.05) is 6.92 Å². The van der Waals surface area contributed by atoms with Gasteiger partial charge in [0.05, 0.1) is 11.1 Å². The molecule has 0 radical (unpaired) electrons. The van der Waals surface area contributed by atoms with Crippen LogP contribution in [0.4, 0.5) is 5.13 Å². The number of benzene rings is 1. The van der Waals surface area contributed by atoms with Gasteiger partial charge in [-0.2, -0.15) is 0 Å². The quantitative estimate of drug-likeness (QED) is 0.865. The highest BCUT2D eigenvalue weighted by Gasteiger charge is 2.33. The molecule has 2 aromatic rings. The van der Waals surface area contributed by atoms with Gasteiger partial charge in [-0.15, -0.1) is 10.2 Å². The van der Waals surface area contributed by atoms with Crippen molar-refractivity contribution in [3.63, 3.8) is 0 Å². The Morgan fingerprint density at radius 2 is 1.96 bits per heavy atom. The molecule has 0 saturated carbocycles. The fourth-order valence-electron chi connectivity index (χ4n) is 2.29. The predicted molar refractivity (Wildman–Crippen MR) is 84.7 cm³/mol. The lowest BCUT2D eigenvalue weighted by molar-refractivity contribution is 0.0693. The standard InChI is InChI=1S/C15H14N4O3S/c1-3-4-11-17-18-15(23-11)16-12(20)8-5-6-9-10(7-8)14(22)19(2)13(9)21/h5-7H,3-4H2,1-2H3,(H,16,18,20). The van der Waals surface area contributed by atoms with E-state index in [0.717, 1.165) is 22.7 Å². The Morgan fingerprint density at radius 1 is 1.22 bits per heavy atom. The summed E-state index contributed by atoms with van der Waals surface area (Å²) < 4.78 is 0. The van der Waals surface area contributed by atoms with Crippen LogP contribution in [0.15, 0.2) is 18.2 Å². The van der Waals surface area contributed by atoms with Crippen molar-refractivity contribution in [1.29, 1.82) is 0 Å². The van der Waals surface area contributed by atoms with Gasteiger partial charge in [-0.25, -0.2) is 0 Å². The second kappa shape index (κ2) is 5.88. The lowest BCUT2D eigenvalue weighted by Crippen LogP contribution is -2.24. The van der Waals surface area contributed by atoms with Crippen molar-refractivity contribution in [1.82, 2.24) is 15.1 Å². The van der Waals surface area contributed by atoms with Gasteiger partial charge in [0, 0.05) is 19.0 Å². The molecule has 7 nitrogen and oxygen atoms in total. The lowest BCUT2D eigenvalue weighted by Gasteiger charge is -2.03. The summed E-state index contributed by atoms with van der Waals surface area (Å²) in [5, 5.41) is 11.8. The van der Waals surface area contributed by atoms with Crippen molar-refractivity contribution in [3.05, 3.63) is 39.9 Å².